The van der Waals surface area contributed by atoms with Crippen LogP contribution >= 0.6 is 11.3 Å². The van der Waals surface area contributed by atoms with Gasteiger partial charge in [0.05, 0.1) is 10.2 Å². The maximum absolute atomic E-state index is 14.2. The molecule has 29 heavy (non-hydrogen) atoms. The number of nitrogens with one attached hydrogen (secondary N) is 1. The minimum Gasteiger partial charge on any atom is -0.354 e. The molecular weight excluding hydrogens is 389 g/mol. The van der Waals surface area contributed by atoms with E-state index in [1.165, 1.54) is 17.7 Å². The van der Waals surface area contributed by atoms with Crippen molar-refractivity contribution in [3.8, 4) is 11.8 Å². The van der Waals surface area contributed by atoms with Crippen LogP contribution in [0.3, 0.4) is 0 Å². The topological polar surface area (TPSA) is 74.9 Å². The molecule has 1 amide bonds. The van der Waals surface area contributed by atoms with Gasteiger partial charge in [-0.1, -0.05) is 35.9 Å². The highest BCUT2D eigenvalue weighted by Gasteiger charge is 2.16. The zero-order chi connectivity index (χ0) is 21.1. The molecule has 2 aromatic carbocycles. The van der Waals surface area contributed by atoms with Gasteiger partial charge in [0.2, 0.25) is 0 Å². The quantitative estimate of drug-likeness (QED) is 0.721. The van der Waals surface area contributed by atoms with Gasteiger partial charge in [-0.3, -0.25) is 14.2 Å². The summed E-state index contributed by atoms with van der Waals surface area (Å²) in [5.74, 6) is -1.09. The van der Waals surface area contributed by atoms with Crippen molar-refractivity contribution in [3.05, 3.63) is 84.5 Å². The van der Waals surface area contributed by atoms with Crippen LogP contribution in [-0.2, 0) is 4.79 Å². The summed E-state index contributed by atoms with van der Waals surface area (Å²) >= 11 is 1.02. The van der Waals surface area contributed by atoms with E-state index in [-0.39, 0.29) is 15.9 Å². The van der Waals surface area contributed by atoms with Crippen molar-refractivity contribution in [2.24, 2.45) is 0 Å². The van der Waals surface area contributed by atoms with E-state index >= 15 is 0 Å². The predicted octanol–water partition coefficient (Wildman–Crippen LogP) is 1.90. The molecule has 1 aromatic heterocycles. The average molecular weight is 407 g/mol. The minimum absolute atomic E-state index is 0.152. The predicted molar refractivity (Wildman–Crippen MR) is 112 cm³/mol. The first-order valence-corrected chi connectivity index (χ1v) is 9.60. The average Bonchev–Trinajstić information content (AvgIpc) is 3.00. The summed E-state index contributed by atoms with van der Waals surface area (Å²) in [6.45, 7) is 3.56. The molecule has 0 fully saturated rings. The lowest BCUT2D eigenvalue weighted by Crippen LogP contribution is -2.33. The number of rotatable bonds is 3. The van der Waals surface area contributed by atoms with Crippen LogP contribution in [0.1, 0.15) is 16.7 Å². The van der Waals surface area contributed by atoms with E-state index < -0.39 is 17.3 Å². The third-order valence-corrected chi connectivity index (χ3v) is 5.45. The van der Waals surface area contributed by atoms with E-state index in [1.807, 2.05) is 37.3 Å². The number of aromatic nitrogens is 1. The van der Waals surface area contributed by atoms with Gasteiger partial charge in [0.25, 0.3) is 11.5 Å². The molecule has 0 saturated carbocycles. The number of nitriles is 1. The number of hydrogen-bond acceptors (Lipinski definition) is 4. The summed E-state index contributed by atoms with van der Waals surface area (Å²) in [7, 11) is 1.40. The zero-order valence-electron chi connectivity index (χ0n) is 16.1. The fourth-order valence-electron chi connectivity index (χ4n) is 2.84. The van der Waals surface area contributed by atoms with E-state index in [0.29, 0.717) is 10.1 Å². The standard InChI is InChI=1S/C22H18FN3O2S/c1-13-5-4-6-15(9-13)10-19-21(28)26(16-8-7-14(2)18(23)11-16)22(29-19)17(12-24)20(27)25-3/h4-11H,1-3H3,(H,25,27)/b19-10-,22-17-. The summed E-state index contributed by atoms with van der Waals surface area (Å²) in [4.78, 5) is 25.4. The van der Waals surface area contributed by atoms with Crippen molar-refractivity contribution >= 4 is 28.9 Å². The van der Waals surface area contributed by atoms with Crippen LogP contribution in [0.2, 0.25) is 0 Å². The Morgan fingerprint density at radius 1 is 1.24 bits per heavy atom. The smallest absolute Gasteiger partial charge is 0.273 e. The molecular formula is C22H18FN3O2S. The molecule has 3 rings (SSSR count). The lowest BCUT2D eigenvalue weighted by Gasteiger charge is -2.05. The van der Waals surface area contributed by atoms with Gasteiger partial charge >= 0.3 is 0 Å². The van der Waals surface area contributed by atoms with Crippen LogP contribution in [0.15, 0.2) is 47.3 Å². The molecule has 0 aliphatic rings. The molecule has 0 saturated heterocycles. The van der Waals surface area contributed by atoms with Crippen molar-refractivity contribution in [1.82, 2.24) is 9.88 Å². The Morgan fingerprint density at radius 2 is 2.00 bits per heavy atom. The third kappa shape index (κ3) is 4.03. The van der Waals surface area contributed by atoms with Crippen molar-refractivity contribution in [3.63, 3.8) is 0 Å². The van der Waals surface area contributed by atoms with E-state index in [0.717, 1.165) is 22.5 Å². The van der Waals surface area contributed by atoms with Crippen LogP contribution in [0.5, 0.6) is 0 Å². The van der Waals surface area contributed by atoms with Crippen molar-refractivity contribution in [2.45, 2.75) is 13.8 Å². The second kappa shape index (κ2) is 8.25. The van der Waals surface area contributed by atoms with Gasteiger partial charge < -0.3 is 5.32 Å². The molecule has 0 aliphatic heterocycles. The van der Waals surface area contributed by atoms with E-state index in [9.17, 15) is 19.2 Å². The highest BCUT2D eigenvalue weighted by molar-refractivity contribution is 7.07. The number of halogens is 1. The minimum atomic E-state index is -0.614. The Morgan fingerprint density at radius 3 is 2.62 bits per heavy atom. The molecule has 146 valence electrons. The summed E-state index contributed by atoms with van der Waals surface area (Å²) in [6, 6.07) is 13.8. The molecule has 5 nitrogen and oxygen atoms in total. The summed E-state index contributed by atoms with van der Waals surface area (Å²) in [5.41, 5.74) is 1.90. The van der Waals surface area contributed by atoms with Crippen molar-refractivity contribution in [1.29, 1.82) is 5.26 Å². The van der Waals surface area contributed by atoms with Crippen molar-refractivity contribution < 1.29 is 9.18 Å². The van der Waals surface area contributed by atoms with Crippen molar-refractivity contribution in [2.75, 3.05) is 7.05 Å². The fourth-order valence-corrected chi connectivity index (χ4v) is 3.94. The molecule has 1 heterocycles. The van der Waals surface area contributed by atoms with Crippen LogP contribution < -0.4 is 20.1 Å². The van der Waals surface area contributed by atoms with Gasteiger partial charge in [-0.25, -0.2) is 4.39 Å². The second-order valence-corrected chi connectivity index (χ2v) is 7.50. The number of hydrogen-bond donors (Lipinski definition) is 1. The fraction of sp³-hybridized carbons (Fsp3) is 0.136. The first kappa shape index (κ1) is 20.2. The normalized spacial score (nSPS) is 12.4. The Balaban J connectivity index is 2.43. The number of nitrogens with zero attached hydrogens (tertiary/aromatic N) is 2. The van der Waals surface area contributed by atoms with Gasteiger partial charge in [-0.15, -0.1) is 11.3 Å². The lowest BCUT2D eigenvalue weighted by atomic mass is 10.1. The zero-order valence-corrected chi connectivity index (χ0v) is 16.9. The Bertz CT molecular complexity index is 1330. The maximum Gasteiger partial charge on any atom is 0.273 e. The SMILES string of the molecule is CNC(=O)/C(C#N)=c1\s/c(=C\c2cccc(C)c2)c(=O)n1-c1ccc(C)c(F)c1. The van der Waals surface area contributed by atoms with Gasteiger partial charge in [0, 0.05) is 7.05 Å². The van der Waals surface area contributed by atoms with Crippen LogP contribution in [-0.4, -0.2) is 17.5 Å². The molecule has 0 bridgehead atoms. The van der Waals surface area contributed by atoms with E-state index in [2.05, 4.69) is 5.32 Å². The number of carbonyl (C=O) groups excluding carboxylic acids is 1. The molecule has 3 aromatic rings. The second-order valence-electron chi connectivity index (χ2n) is 6.47. The van der Waals surface area contributed by atoms with E-state index in [4.69, 9.17) is 0 Å². The lowest BCUT2D eigenvalue weighted by molar-refractivity contribution is -0.115. The summed E-state index contributed by atoms with van der Waals surface area (Å²) < 4.78 is 15.9. The molecule has 0 unspecified atom stereocenters. The Kier molecular flexibility index (Phi) is 5.76. The monoisotopic (exact) mass is 407 g/mol. The third-order valence-electron chi connectivity index (χ3n) is 4.36. The van der Waals surface area contributed by atoms with Gasteiger partial charge in [-0.05, 0) is 43.2 Å². The number of carbonyl (C=O) groups is 1. The largest absolute Gasteiger partial charge is 0.354 e. The molecule has 0 aliphatic carbocycles. The molecule has 1 N–H and O–H groups in total. The summed E-state index contributed by atoms with van der Waals surface area (Å²) in [5, 5.41) is 11.9. The number of benzene rings is 2. The first-order valence-electron chi connectivity index (χ1n) is 8.79. The Hall–Kier alpha value is -3.50. The summed E-state index contributed by atoms with van der Waals surface area (Å²) in [6.07, 6.45) is 1.70. The Labute approximate surface area is 170 Å². The highest BCUT2D eigenvalue weighted by atomic mass is 32.1. The number of thiazole rings is 1. The highest BCUT2D eigenvalue weighted by Crippen LogP contribution is 2.11. The number of aryl methyl sites for hydroxylation is 2. The van der Waals surface area contributed by atoms with Gasteiger partial charge in [0.15, 0.2) is 5.57 Å². The molecule has 7 heteroatoms. The number of amides is 1. The first-order chi connectivity index (χ1) is 13.8. The van der Waals surface area contributed by atoms with Gasteiger partial charge in [0.1, 0.15) is 16.5 Å². The molecule has 0 radical (unpaired) electrons. The van der Waals surface area contributed by atoms with Crippen LogP contribution in [0.25, 0.3) is 17.3 Å². The van der Waals surface area contributed by atoms with E-state index in [1.54, 1.807) is 25.1 Å². The molecule has 0 spiro atoms. The van der Waals surface area contributed by atoms with Gasteiger partial charge in [-0.2, -0.15) is 5.26 Å². The molecule has 0 atom stereocenters. The van der Waals surface area contributed by atoms with Crippen LogP contribution in [0, 0.1) is 31.0 Å². The van der Waals surface area contributed by atoms with Crippen LogP contribution in [0.4, 0.5) is 4.39 Å². The maximum atomic E-state index is 14.2.